The van der Waals surface area contributed by atoms with Gasteiger partial charge in [-0.1, -0.05) is 31.4 Å². The van der Waals surface area contributed by atoms with E-state index >= 15 is 0 Å². The van der Waals surface area contributed by atoms with Gasteiger partial charge in [-0.05, 0) is 37.0 Å². The Morgan fingerprint density at radius 1 is 1.35 bits per heavy atom. The molecule has 0 radical (unpaired) electrons. The van der Waals surface area contributed by atoms with Crippen LogP contribution >= 0.6 is 11.6 Å². The van der Waals surface area contributed by atoms with Gasteiger partial charge < -0.3 is 10.1 Å². The van der Waals surface area contributed by atoms with E-state index in [1.54, 1.807) is 7.11 Å². The van der Waals surface area contributed by atoms with Crippen LogP contribution in [0.4, 0.5) is 5.69 Å². The summed E-state index contributed by atoms with van der Waals surface area (Å²) in [6, 6.07) is 6.26. The fourth-order valence-electron chi connectivity index (χ4n) is 2.58. The molecule has 1 aromatic rings. The molecule has 1 aliphatic carbocycles. The SMILES string of the molecule is COc1ccc(Cl)cc1NC1CCCC(C)C1. The van der Waals surface area contributed by atoms with Crippen molar-refractivity contribution in [2.24, 2.45) is 5.92 Å². The van der Waals surface area contributed by atoms with Gasteiger partial charge in [0.25, 0.3) is 0 Å². The zero-order chi connectivity index (χ0) is 12.3. The van der Waals surface area contributed by atoms with E-state index in [1.807, 2.05) is 18.2 Å². The highest BCUT2D eigenvalue weighted by Gasteiger charge is 2.19. The fourth-order valence-corrected chi connectivity index (χ4v) is 2.75. The van der Waals surface area contributed by atoms with Gasteiger partial charge in [0.15, 0.2) is 0 Å². The molecule has 2 unspecified atom stereocenters. The molecule has 1 saturated carbocycles. The maximum atomic E-state index is 6.02. The smallest absolute Gasteiger partial charge is 0.142 e. The third kappa shape index (κ3) is 3.29. The molecular formula is C14H20ClNO. The number of nitrogens with one attached hydrogen (secondary N) is 1. The van der Waals surface area contributed by atoms with Gasteiger partial charge >= 0.3 is 0 Å². The van der Waals surface area contributed by atoms with Crippen molar-refractivity contribution in [3.05, 3.63) is 23.2 Å². The second-order valence-electron chi connectivity index (χ2n) is 4.96. The average molecular weight is 254 g/mol. The van der Waals surface area contributed by atoms with E-state index < -0.39 is 0 Å². The van der Waals surface area contributed by atoms with Crippen LogP contribution in [0.5, 0.6) is 5.75 Å². The van der Waals surface area contributed by atoms with Crippen LogP contribution in [0.1, 0.15) is 32.6 Å². The molecule has 2 nitrogen and oxygen atoms in total. The molecule has 0 heterocycles. The summed E-state index contributed by atoms with van der Waals surface area (Å²) in [5.74, 6) is 1.68. The van der Waals surface area contributed by atoms with Crippen molar-refractivity contribution < 1.29 is 4.74 Å². The highest BCUT2D eigenvalue weighted by molar-refractivity contribution is 6.30. The Kier molecular flexibility index (Phi) is 4.16. The van der Waals surface area contributed by atoms with Gasteiger partial charge in [-0.25, -0.2) is 0 Å². The molecule has 2 rings (SSSR count). The molecule has 0 amide bonds. The zero-order valence-corrected chi connectivity index (χ0v) is 11.3. The van der Waals surface area contributed by atoms with E-state index in [9.17, 15) is 0 Å². The first kappa shape index (κ1) is 12.6. The molecule has 1 N–H and O–H groups in total. The predicted molar refractivity (Wildman–Crippen MR) is 73.0 cm³/mol. The normalized spacial score (nSPS) is 24.4. The first-order chi connectivity index (χ1) is 8.19. The monoisotopic (exact) mass is 253 g/mol. The minimum absolute atomic E-state index is 0.547. The number of methoxy groups -OCH3 is 1. The van der Waals surface area contributed by atoms with E-state index in [4.69, 9.17) is 16.3 Å². The number of ether oxygens (including phenoxy) is 1. The van der Waals surface area contributed by atoms with E-state index in [0.29, 0.717) is 6.04 Å². The van der Waals surface area contributed by atoms with Crippen molar-refractivity contribution in [3.63, 3.8) is 0 Å². The second-order valence-corrected chi connectivity index (χ2v) is 5.39. The van der Waals surface area contributed by atoms with E-state index in [0.717, 1.165) is 22.4 Å². The molecule has 1 fully saturated rings. The lowest BCUT2D eigenvalue weighted by molar-refractivity contribution is 0.357. The molecule has 17 heavy (non-hydrogen) atoms. The Hall–Kier alpha value is -0.890. The van der Waals surface area contributed by atoms with Gasteiger partial charge in [0.2, 0.25) is 0 Å². The van der Waals surface area contributed by atoms with Gasteiger partial charge in [-0.2, -0.15) is 0 Å². The van der Waals surface area contributed by atoms with Crippen molar-refractivity contribution in [3.8, 4) is 5.75 Å². The van der Waals surface area contributed by atoms with Crippen molar-refractivity contribution in [2.45, 2.75) is 38.6 Å². The second kappa shape index (κ2) is 5.63. The quantitative estimate of drug-likeness (QED) is 0.865. The molecule has 2 atom stereocenters. The van der Waals surface area contributed by atoms with Crippen molar-refractivity contribution in [1.29, 1.82) is 0 Å². The van der Waals surface area contributed by atoms with Crippen LogP contribution in [0.25, 0.3) is 0 Å². The molecule has 94 valence electrons. The zero-order valence-electron chi connectivity index (χ0n) is 10.5. The first-order valence-electron chi connectivity index (χ1n) is 6.29. The summed E-state index contributed by atoms with van der Waals surface area (Å²) in [7, 11) is 1.69. The summed E-state index contributed by atoms with van der Waals surface area (Å²) >= 11 is 6.02. The van der Waals surface area contributed by atoms with Crippen molar-refractivity contribution >= 4 is 17.3 Å². The Labute approximate surface area is 108 Å². The Morgan fingerprint density at radius 3 is 2.88 bits per heavy atom. The summed E-state index contributed by atoms with van der Waals surface area (Å²) in [4.78, 5) is 0. The largest absolute Gasteiger partial charge is 0.495 e. The van der Waals surface area contributed by atoms with E-state index in [1.165, 1.54) is 25.7 Å². The lowest BCUT2D eigenvalue weighted by Crippen LogP contribution is -2.26. The summed E-state index contributed by atoms with van der Waals surface area (Å²) < 4.78 is 5.35. The summed E-state index contributed by atoms with van der Waals surface area (Å²) in [6.07, 6.45) is 5.13. The Bertz CT molecular complexity index is 380. The highest BCUT2D eigenvalue weighted by atomic mass is 35.5. The molecule has 0 saturated heterocycles. The van der Waals surface area contributed by atoms with Crippen LogP contribution in [0.3, 0.4) is 0 Å². The number of hydrogen-bond acceptors (Lipinski definition) is 2. The van der Waals surface area contributed by atoms with Crippen LogP contribution < -0.4 is 10.1 Å². The number of benzene rings is 1. The Morgan fingerprint density at radius 2 is 2.18 bits per heavy atom. The van der Waals surface area contributed by atoms with Crippen LogP contribution in [0.15, 0.2) is 18.2 Å². The van der Waals surface area contributed by atoms with Gasteiger partial charge in [-0.3, -0.25) is 0 Å². The molecule has 0 aromatic heterocycles. The van der Waals surface area contributed by atoms with Gasteiger partial charge in [0.1, 0.15) is 5.75 Å². The van der Waals surface area contributed by atoms with Crippen LogP contribution in [-0.4, -0.2) is 13.2 Å². The number of rotatable bonds is 3. The maximum absolute atomic E-state index is 6.02. The lowest BCUT2D eigenvalue weighted by atomic mass is 9.87. The fraction of sp³-hybridized carbons (Fsp3) is 0.571. The van der Waals surface area contributed by atoms with Gasteiger partial charge in [0.05, 0.1) is 12.8 Å². The van der Waals surface area contributed by atoms with Crippen LogP contribution in [0.2, 0.25) is 5.02 Å². The summed E-state index contributed by atoms with van der Waals surface area (Å²) in [5.41, 5.74) is 1.01. The third-order valence-corrected chi connectivity index (χ3v) is 3.69. The molecular weight excluding hydrogens is 234 g/mol. The Balaban J connectivity index is 2.08. The molecule has 0 spiro atoms. The number of anilines is 1. The van der Waals surface area contributed by atoms with Crippen molar-refractivity contribution in [2.75, 3.05) is 12.4 Å². The summed E-state index contributed by atoms with van der Waals surface area (Å²) in [5, 5.41) is 4.31. The molecule has 1 aliphatic rings. The standard InChI is InChI=1S/C14H20ClNO/c1-10-4-3-5-12(8-10)16-13-9-11(15)6-7-14(13)17-2/h6-7,9-10,12,16H,3-5,8H2,1-2H3. The molecule has 0 bridgehead atoms. The van der Waals surface area contributed by atoms with Crippen LogP contribution in [-0.2, 0) is 0 Å². The molecule has 0 aliphatic heterocycles. The minimum atomic E-state index is 0.547. The van der Waals surface area contributed by atoms with Crippen LogP contribution in [0, 0.1) is 5.92 Å². The number of hydrogen-bond donors (Lipinski definition) is 1. The van der Waals surface area contributed by atoms with Gasteiger partial charge in [0, 0.05) is 11.1 Å². The average Bonchev–Trinajstić information content (AvgIpc) is 2.29. The topological polar surface area (TPSA) is 21.3 Å². The molecule has 1 aromatic carbocycles. The van der Waals surface area contributed by atoms with Gasteiger partial charge in [-0.15, -0.1) is 0 Å². The maximum Gasteiger partial charge on any atom is 0.142 e. The number of halogens is 1. The van der Waals surface area contributed by atoms with E-state index in [2.05, 4.69) is 12.2 Å². The third-order valence-electron chi connectivity index (χ3n) is 3.46. The van der Waals surface area contributed by atoms with E-state index in [-0.39, 0.29) is 0 Å². The minimum Gasteiger partial charge on any atom is -0.495 e. The predicted octanol–water partition coefficient (Wildman–Crippen LogP) is 4.34. The van der Waals surface area contributed by atoms with Crippen molar-refractivity contribution in [1.82, 2.24) is 0 Å². The summed E-state index contributed by atoms with van der Waals surface area (Å²) in [6.45, 7) is 2.32. The molecule has 3 heteroatoms. The lowest BCUT2D eigenvalue weighted by Gasteiger charge is -2.28. The highest BCUT2D eigenvalue weighted by Crippen LogP contribution is 2.32. The first-order valence-corrected chi connectivity index (χ1v) is 6.67.